The summed E-state index contributed by atoms with van der Waals surface area (Å²) < 4.78 is 5.51. The summed E-state index contributed by atoms with van der Waals surface area (Å²) in [4.78, 5) is 6.44. The van der Waals surface area contributed by atoms with Crippen LogP contribution < -0.4 is 0 Å². The smallest absolute Gasteiger partial charge is 0.118 e. The van der Waals surface area contributed by atoms with E-state index in [1.54, 1.807) is 11.3 Å². The second-order valence-electron chi connectivity index (χ2n) is 3.66. The van der Waals surface area contributed by atoms with Crippen molar-refractivity contribution < 1.29 is 4.42 Å². The second kappa shape index (κ2) is 4.59. The van der Waals surface area contributed by atoms with Crippen LogP contribution in [0.1, 0.15) is 17.2 Å². The number of furan rings is 1. The summed E-state index contributed by atoms with van der Waals surface area (Å²) in [6.45, 7) is 3.65. The average Bonchev–Trinajstić information content (AvgIpc) is 2.77. The Hall–Kier alpha value is -1.13. The molecule has 0 atom stereocenters. The van der Waals surface area contributed by atoms with Crippen molar-refractivity contribution in [1.29, 1.82) is 0 Å². The maximum atomic E-state index is 5.51. The predicted molar refractivity (Wildman–Crippen MR) is 60.7 cm³/mol. The van der Waals surface area contributed by atoms with E-state index in [9.17, 15) is 0 Å². The van der Waals surface area contributed by atoms with E-state index in [0.29, 0.717) is 0 Å². The van der Waals surface area contributed by atoms with Crippen molar-refractivity contribution in [2.75, 3.05) is 7.05 Å². The third-order valence-electron chi connectivity index (χ3n) is 2.14. The summed E-state index contributed by atoms with van der Waals surface area (Å²) in [7, 11) is 2.07. The molecule has 0 aliphatic carbocycles. The summed E-state index contributed by atoms with van der Waals surface area (Å²) >= 11 is 1.63. The molecule has 2 aromatic rings. The largest absolute Gasteiger partial charge is 0.465 e. The van der Waals surface area contributed by atoms with Gasteiger partial charge in [-0.05, 0) is 26.1 Å². The third-order valence-corrected chi connectivity index (χ3v) is 2.77. The molecule has 2 heterocycles. The summed E-state index contributed by atoms with van der Waals surface area (Å²) in [6, 6.07) is 4.01. The lowest BCUT2D eigenvalue weighted by atomic mass is 10.4. The summed E-state index contributed by atoms with van der Waals surface area (Å²) in [5, 5.41) is 2.07. The molecular formula is C11H14N2OS. The monoisotopic (exact) mass is 222 g/mol. The zero-order chi connectivity index (χ0) is 10.7. The van der Waals surface area contributed by atoms with Crippen LogP contribution >= 0.6 is 11.3 Å². The van der Waals surface area contributed by atoms with Gasteiger partial charge in [0.1, 0.15) is 11.5 Å². The van der Waals surface area contributed by atoms with Gasteiger partial charge in [0.15, 0.2) is 0 Å². The van der Waals surface area contributed by atoms with Crippen LogP contribution in [-0.4, -0.2) is 16.9 Å². The van der Waals surface area contributed by atoms with Crippen molar-refractivity contribution >= 4 is 11.3 Å². The lowest BCUT2D eigenvalue weighted by Gasteiger charge is -2.12. The molecule has 0 unspecified atom stereocenters. The Morgan fingerprint density at radius 3 is 2.87 bits per heavy atom. The van der Waals surface area contributed by atoms with E-state index in [4.69, 9.17) is 4.42 Å². The summed E-state index contributed by atoms with van der Waals surface area (Å²) in [5.41, 5.74) is 2.98. The number of aryl methyl sites for hydroxylation is 1. The number of rotatable bonds is 4. The Kier molecular flexibility index (Phi) is 3.18. The van der Waals surface area contributed by atoms with Gasteiger partial charge < -0.3 is 4.42 Å². The Balaban J connectivity index is 1.90. The van der Waals surface area contributed by atoms with E-state index in [2.05, 4.69) is 22.3 Å². The molecule has 0 fully saturated rings. The molecule has 0 amide bonds. The van der Waals surface area contributed by atoms with Crippen LogP contribution in [-0.2, 0) is 13.1 Å². The minimum Gasteiger partial charge on any atom is -0.465 e. The Morgan fingerprint density at radius 2 is 2.27 bits per heavy atom. The van der Waals surface area contributed by atoms with Crippen molar-refractivity contribution in [3.63, 3.8) is 0 Å². The average molecular weight is 222 g/mol. The fourth-order valence-electron chi connectivity index (χ4n) is 1.48. The molecule has 0 aromatic carbocycles. The number of hydrogen-bond acceptors (Lipinski definition) is 4. The molecule has 0 spiro atoms. The van der Waals surface area contributed by atoms with Crippen molar-refractivity contribution in [3.05, 3.63) is 40.2 Å². The molecule has 0 radical (unpaired) electrons. The highest BCUT2D eigenvalue weighted by molar-refractivity contribution is 7.07. The normalized spacial score (nSPS) is 11.1. The maximum Gasteiger partial charge on any atom is 0.118 e. The summed E-state index contributed by atoms with van der Waals surface area (Å²) in [6.07, 6.45) is 0. The SMILES string of the molecule is Cc1ccc(CN(C)Cc2cscn2)o1. The van der Waals surface area contributed by atoms with Crippen LogP contribution in [0.15, 0.2) is 27.4 Å². The van der Waals surface area contributed by atoms with Crippen molar-refractivity contribution in [2.45, 2.75) is 20.0 Å². The molecule has 0 saturated carbocycles. The molecule has 0 N–H and O–H groups in total. The quantitative estimate of drug-likeness (QED) is 0.796. The topological polar surface area (TPSA) is 29.3 Å². The summed E-state index contributed by atoms with van der Waals surface area (Å²) in [5.74, 6) is 1.97. The highest BCUT2D eigenvalue weighted by Gasteiger charge is 2.05. The molecule has 0 bridgehead atoms. The van der Waals surface area contributed by atoms with Crippen LogP contribution in [0.25, 0.3) is 0 Å². The lowest BCUT2D eigenvalue weighted by Crippen LogP contribution is -2.16. The van der Waals surface area contributed by atoms with Crippen molar-refractivity contribution in [1.82, 2.24) is 9.88 Å². The van der Waals surface area contributed by atoms with E-state index < -0.39 is 0 Å². The molecule has 2 rings (SSSR count). The first kappa shape index (κ1) is 10.4. The molecule has 15 heavy (non-hydrogen) atoms. The van der Waals surface area contributed by atoms with E-state index in [-0.39, 0.29) is 0 Å². The zero-order valence-electron chi connectivity index (χ0n) is 8.93. The van der Waals surface area contributed by atoms with Crippen molar-refractivity contribution in [2.24, 2.45) is 0 Å². The number of thiazole rings is 1. The molecule has 3 nitrogen and oxygen atoms in total. The minimum atomic E-state index is 0.825. The number of hydrogen-bond donors (Lipinski definition) is 0. The van der Waals surface area contributed by atoms with Gasteiger partial charge in [-0.2, -0.15) is 0 Å². The van der Waals surface area contributed by atoms with Gasteiger partial charge in [-0.25, -0.2) is 4.98 Å². The number of nitrogens with zero attached hydrogens (tertiary/aromatic N) is 2. The fourth-order valence-corrected chi connectivity index (χ4v) is 2.03. The Labute approximate surface area is 93.4 Å². The van der Waals surface area contributed by atoms with Gasteiger partial charge in [0, 0.05) is 11.9 Å². The van der Waals surface area contributed by atoms with Crippen molar-refractivity contribution in [3.8, 4) is 0 Å². The van der Waals surface area contributed by atoms with E-state index in [1.807, 2.05) is 24.6 Å². The van der Waals surface area contributed by atoms with Crippen LogP contribution in [0.3, 0.4) is 0 Å². The molecular weight excluding hydrogens is 208 g/mol. The van der Waals surface area contributed by atoms with Gasteiger partial charge in [0.05, 0.1) is 17.7 Å². The molecule has 4 heteroatoms. The van der Waals surface area contributed by atoms with Gasteiger partial charge in [0.25, 0.3) is 0 Å². The second-order valence-corrected chi connectivity index (χ2v) is 4.38. The van der Waals surface area contributed by atoms with E-state index >= 15 is 0 Å². The van der Waals surface area contributed by atoms with Crippen LogP contribution in [0.2, 0.25) is 0 Å². The first-order chi connectivity index (χ1) is 7.24. The highest BCUT2D eigenvalue weighted by atomic mass is 32.1. The highest BCUT2D eigenvalue weighted by Crippen LogP contribution is 2.11. The first-order valence-electron chi connectivity index (χ1n) is 4.85. The Morgan fingerprint density at radius 1 is 1.40 bits per heavy atom. The van der Waals surface area contributed by atoms with E-state index in [0.717, 1.165) is 30.3 Å². The lowest BCUT2D eigenvalue weighted by molar-refractivity contribution is 0.283. The maximum absolute atomic E-state index is 5.51. The van der Waals surface area contributed by atoms with Gasteiger partial charge in [-0.1, -0.05) is 0 Å². The van der Waals surface area contributed by atoms with Crippen LogP contribution in [0.5, 0.6) is 0 Å². The molecule has 0 aliphatic rings. The van der Waals surface area contributed by atoms with Gasteiger partial charge >= 0.3 is 0 Å². The Bertz CT molecular complexity index is 408. The van der Waals surface area contributed by atoms with Crippen LogP contribution in [0, 0.1) is 6.92 Å². The molecule has 80 valence electrons. The van der Waals surface area contributed by atoms with Gasteiger partial charge in [-0.15, -0.1) is 11.3 Å². The predicted octanol–water partition coefficient (Wildman–Crippen LogP) is 2.68. The third kappa shape index (κ3) is 2.91. The van der Waals surface area contributed by atoms with Gasteiger partial charge in [0.2, 0.25) is 0 Å². The molecule has 0 saturated heterocycles. The molecule has 2 aromatic heterocycles. The van der Waals surface area contributed by atoms with E-state index in [1.165, 1.54) is 0 Å². The zero-order valence-corrected chi connectivity index (χ0v) is 9.75. The standard InChI is InChI=1S/C11H14N2OS/c1-9-3-4-11(14-9)6-13(2)5-10-7-15-8-12-10/h3-4,7-8H,5-6H2,1-2H3. The fraction of sp³-hybridized carbons (Fsp3) is 0.364. The first-order valence-corrected chi connectivity index (χ1v) is 5.79. The van der Waals surface area contributed by atoms with Gasteiger partial charge in [-0.3, -0.25) is 4.90 Å². The number of aromatic nitrogens is 1. The van der Waals surface area contributed by atoms with Crippen LogP contribution in [0.4, 0.5) is 0 Å². The minimum absolute atomic E-state index is 0.825. The molecule has 0 aliphatic heterocycles.